The molecule has 10 nitrogen and oxygen atoms in total. The highest BCUT2D eigenvalue weighted by atomic mass is 35.5. The van der Waals surface area contributed by atoms with Crippen molar-refractivity contribution >= 4 is 29.1 Å². The Morgan fingerprint density at radius 1 is 1.38 bits per heavy atom. The first kappa shape index (κ1) is 17.5. The van der Waals surface area contributed by atoms with Gasteiger partial charge in [0.05, 0.1) is 11.5 Å². The molecule has 0 saturated heterocycles. The number of rotatable bonds is 6. The van der Waals surface area contributed by atoms with E-state index in [0.717, 1.165) is 17.1 Å². The summed E-state index contributed by atoms with van der Waals surface area (Å²) in [6.07, 6.45) is 3.57. The predicted octanol–water partition coefficient (Wildman–Crippen LogP) is 1.86. The van der Waals surface area contributed by atoms with Gasteiger partial charge in [0, 0.05) is 5.02 Å². The number of halogens is 2. The number of nitrogens with zero attached hydrogens (tertiary/aromatic N) is 6. The van der Waals surface area contributed by atoms with Crippen LogP contribution >= 0.6 is 11.6 Å². The highest BCUT2D eigenvalue weighted by Gasteiger charge is 2.13. The van der Waals surface area contributed by atoms with Gasteiger partial charge >= 0.3 is 5.69 Å². The van der Waals surface area contributed by atoms with E-state index in [1.807, 2.05) is 0 Å². The summed E-state index contributed by atoms with van der Waals surface area (Å²) in [5.41, 5.74) is 0.427. The van der Waals surface area contributed by atoms with E-state index in [-0.39, 0.29) is 29.7 Å². The second kappa shape index (κ2) is 7.27. The van der Waals surface area contributed by atoms with Gasteiger partial charge in [0.25, 0.3) is 0 Å². The third kappa shape index (κ3) is 4.19. The maximum absolute atomic E-state index is 13.0. The lowest BCUT2D eigenvalue weighted by molar-refractivity contribution is -0.385. The van der Waals surface area contributed by atoms with Crippen molar-refractivity contribution in [2.24, 2.45) is 0 Å². The highest BCUT2D eigenvalue weighted by molar-refractivity contribution is 6.31. The molecule has 2 heterocycles. The van der Waals surface area contributed by atoms with Gasteiger partial charge in [0.15, 0.2) is 0 Å². The van der Waals surface area contributed by atoms with E-state index >= 15 is 0 Å². The standard InChI is InChI=1S/C14H11ClFN7O3/c15-12-3-10(16)2-1-9(12)5-22-8-17-14(20-22)19-13(24)7-21-6-11(4-18-21)23(25)26/h1-4,6,8H,5,7H2,(H,19,20,24). The number of nitro groups is 1. The van der Waals surface area contributed by atoms with Gasteiger partial charge in [-0.25, -0.2) is 14.1 Å². The first-order chi connectivity index (χ1) is 12.4. The summed E-state index contributed by atoms with van der Waals surface area (Å²) in [6.45, 7) is 0.0134. The highest BCUT2D eigenvalue weighted by Crippen LogP contribution is 2.18. The molecule has 12 heteroatoms. The van der Waals surface area contributed by atoms with E-state index in [4.69, 9.17) is 11.6 Å². The normalized spacial score (nSPS) is 10.7. The van der Waals surface area contributed by atoms with Gasteiger partial charge in [0.2, 0.25) is 11.9 Å². The molecule has 2 aromatic heterocycles. The number of hydrogen-bond donors (Lipinski definition) is 1. The minimum Gasteiger partial charge on any atom is -0.292 e. The van der Waals surface area contributed by atoms with E-state index in [1.165, 1.54) is 29.2 Å². The number of hydrogen-bond acceptors (Lipinski definition) is 6. The summed E-state index contributed by atoms with van der Waals surface area (Å²) >= 11 is 5.96. The molecule has 3 rings (SSSR count). The zero-order chi connectivity index (χ0) is 18.7. The van der Waals surface area contributed by atoms with Crippen LogP contribution in [0.5, 0.6) is 0 Å². The number of anilines is 1. The molecule has 1 aromatic carbocycles. The minimum atomic E-state index is -0.606. The molecule has 3 aromatic rings. The summed E-state index contributed by atoms with van der Waals surface area (Å²) in [7, 11) is 0. The third-order valence-electron chi connectivity index (χ3n) is 3.27. The van der Waals surface area contributed by atoms with Crippen molar-refractivity contribution in [2.75, 3.05) is 5.32 Å². The van der Waals surface area contributed by atoms with E-state index in [9.17, 15) is 19.3 Å². The molecule has 0 spiro atoms. The molecule has 0 unspecified atom stereocenters. The summed E-state index contributed by atoms with van der Waals surface area (Å²) in [5.74, 6) is -0.889. The fourth-order valence-corrected chi connectivity index (χ4v) is 2.32. The van der Waals surface area contributed by atoms with Gasteiger partial charge in [-0.2, -0.15) is 5.10 Å². The first-order valence-corrected chi connectivity index (χ1v) is 7.58. The molecule has 0 aliphatic rings. The molecule has 0 saturated carbocycles. The van der Waals surface area contributed by atoms with Crippen molar-refractivity contribution in [1.82, 2.24) is 24.5 Å². The van der Waals surface area contributed by atoms with Gasteiger partial charge in [-0.1, -0.05) is 17.7 Å². The molecule has 1 N–H and O–H groups in total. The van der Waals surface area contributed by atoms with Crippen molar-refractivity contribution < 1.29 is 14.1 Å². The molecule has 0 aliphatic carbocycles. The van der Waals surface area contributed by atoms with Crippen LogP contribution in [0.2, 0.25) is 5.02 Å². The van der Waals surface area contributed by atoms with Gasteiger partial charge in [0.1, 0.15) is 31.1 Å². The minimum absolute atomic E-state index is 0.0508. The average molecular weight is 380 g/mol. The van der Waals surface area contributed by atoms with Crippen LogP contribution in [0, 0.1) is 15.9 Å². The number of nitrogens with one attached hydrogen (secondary N) is 1. The van der Waals surface area contributed by atoms with Crippen molar-refractivity contribution in [1.29, 1.82) is 0 Å². The Morgan fingerprint density at radius 2 is 2.19 bits per heavy atom. The van der Waals surface area contributed by atoms with Crippen LogP contribution in [0.25, 0.3) is 0 Å². The van der Waals surface area contributed by atoms with Crippen molar-refractivity contribution in [2.45, 2.75) is 13.1 Å². The number of benzene rings is 1. The molecular formula is C14H11ClFN7O3. The maximum atomic E-state index is 13.0. The van der Waals surface area contributed by atoms with E-state index < -0.39 is 16.6 Å². The van der Waals surface area contributed by atoms with Crippen molar-refractivity contribution in [3.63, 3.8) is 0 Å². The number of aromatic nitrogens is 5. The number of carbonyl (C=O) groups is 1. The fraction of sp³-hybridized carbons (Fsp3) is 0.143. The summed E-state index contributed by atoms with van der Waals surface area (Å²) < 4.78 is 15.6. The van der Waals surface area contributed by atoms with Crippen LogP contribution < -0.4 is 5.32 Å². The molecule has 0 atom stereocenters. The topological polar surface area (TPSA) is 121 Å². The van der Waals surface area contributed by atoms with E-state index in [2.05, 4.69) is 20.5 Å². The molecule has 1 amide bonds. The van der Waals surface area contributed by atoms with Gasteiger partial charge in [-0.05, 0) is 17.7 Å². The Hall–Kier alpha value is -3.34. The molecule has 0 radical (unpaired) electrons. The van der Waals surface area contributed by atoms with Crippen LogP contribution in [0.1, 0.15) is 5.56 Å². The second-order valence-electron chi connectivity index (χ2n) is 5.20. The molecule has 26 heavy (non-hydrogen) atoms. The van der Waals surface area contributed by atoms with Gasteiger partial charge in [-0.15, -0.1) is 5.10 Å². The van der Waals surface area contributed by atoms with Crippen LogP contribution in [-0.2, 0) is 17.9 Å². The smallest absolute Gasteiger partial charge is 0.292 e. The SMILES string of the molecule is O=C(Cn1cc([N+](=O)[O-])cn1)Nc1ncn(Cc2ccc(F)cc2Cl)n1. The molecule has 0 aliphatic heterocycles. The Morgan fingerprint density at radius 3 is 2.88 bits per heavy atom. The second-order valence-corrected chi connectivity index (χ2v) is 5.61. The lowest BCUT2D eigenvalue weighted by Gasteiger charge is -2.04. The first-order valence-electron chi connectivity index (χ1n) is 7.21. The number of carbonyl (C=O) groups excluding carboxylic acids is 1. The summed E-state index contributed by atoms with van der Waals surface area (Å²) in [4.78, 5) is 25.8. The van der Waals surface area contributed by atoms with Crippen LogP contribution in [0.4, 0.5) is 16.0 Å². The fourth-order valence-electron chi connectivity index (χ4n) is 2.10. The number of amides is 1. The van der Waals surface area contributed by atoms with Crippen LogP contribution in [-0.4, -0.2) is 35.4 Å². The molecule has 0 bridgehead atoms. The van der Waals surface area contributed by atoms with Crippen LogP contribution in [0.3, 0.4) is 0 Å². The Balaban J connectivity index is 1.60. The summed E-state index contributed by atoms with van der Waals surface area (Å²) in [5, 5.41) is 21.1. The Labute approximate surface area is 150 Å². The lowest BCUT2D eigenvalue weighted by Crippen LogP contribution is -2.20. The average Bonchev–Trinajstić information content (AvgIpc) is 3.20. The monoisotopic (exact) mass is 379 g/mol. The molecular weight excluding hydrogens is 369 g/mol. The zero-order valence-corrected chi connectivity index (χ0v) is 13.8. The third-order valence-corrected chi connectivity index (χ3v) is 3.62. The lowest BCUT2D eigenvalue weighted by atomic mass is 10.2. The van der Waals surface area contributed by atoms with E-state index in [1.54, 1.807) is 0 Å². The van der Waals surface area contributed by atoms with Crippen molar-refractivity contribution in [3.8, 4) is 0 Å². The van der Waals surface area contributed by atoms with E-state index in [0.29, 0.717) is 5.56 Å². The zero-order valence-electron chi connectivity index (χ0n) is 13.0. The van der Waals surface area contributed by atoms with Crippen molar-refractivity contribution in [3.05, 3.63) is 63.4 Å². The summed E-state index contributed by atoms with van der Waals surface area (Å²) in [6, 6.07) is 4.01. The predicted molar refractivity (Wildman–Crippen MR) is 88.0 cm³/mol. The quantitative estimate of drug-likeness (QED) is 0.515. The Bertz CT molecular complexity index is 971. The van der Waals surface area contributed by atoms with Crippen LogP contribution in [0.15, 0.2) is 36.9 Å². The Kier molecular flexibility index (Phi) is 4.89. The molecule has 134 valence electrons. The largest absolute Gasteiger partial charge is 0.307 e. The molecule has 0 fully saturated rings. The van der Waals surface area contributed by atoms with Gasteiger partial charge < -0.3 is 0 Å². The van der Waals surface area contributed by atoms with Gasteiger partial charge in [-0.3, -0.25) is 24.9 Å². The maximum Gasteiger partial charge on any atom is 0.307 e.